The number of hydrogen-bond acceptors (Lipinski definition) is 8. The number of halogens is 1. The van der Waals surface area contributed by atoms with Gasteiger partial charge in [0.25, 0.3) is 5.56 Å². The number of amides is 1. The van der Waals surface area contributed by atoms with Crippen molar-refractivity contribution >= 4 is 39.8 Å². The predicted octanol–water partition coefficient (Wildman–Crippen LogP) is 7.45. The first kappa shape index (κ1) is 34.6. The summed E-state index contributed by atoms with van der Waals surface area (Å²) in [4.78, 5) is 37.4. The van der Waals surface area contributed by atoms with Crippen LogP contribution in [0.4, 0.5) is 11.5 Å². The van der Waals surface area contributed by atoms with Crippen molar-refractivity contribution < 1.29 is 9.53 Å². The third-order valence-electron chi connectivity index (χ3n) is 10.6. The van der Waals surface area contributed by atoms with E-state index in [1.54, 1.807) is 20.4 Å². The number of ether oxygens (including phenoxy) is 1. The molecule has 11 heteroatoms. The van der Waals surface area contributed by atoms with Crippen LogP contribution in [0.3, 0.4) is 0 Å². The third kappa shape index (κ3) is 6.14. The van der Waals surface area contributed by atoms with E-state index in [2.05, 4.69) is 26.7 Å². The monoisotopic (exact) mass is 705 g/mol. The van der Waals surface area contributed by atoms with Gasteiger partial charge in [0, 0.05) is 66.1 Å². The Bertz CT molecular complexity index is 2240. The smallest absolute Gasteiger partial charge is 0.278 e. The number of pyridine rings is 2. The summed E-state index contributed by atoms with van der Waals surface area (Å²) in [5.74, 6) is 1.29. The number of aromatic nitrogens is 4. The van der Waals surface area contributed by atoms with Gasteiger partial charge in [-0.15, -0.1) is 0 Å². The molecule has 2 aromatic carbocycles. The largest absolute Gasteiger partial charge is 0.481 e. The molecular formula is C40H44ClN7O3. The molecule has 2 N–H and O–H groups in total. The second-order valence-corrected chi connectivity index (χ2v) is 14.0. The van der Waals surface area contributed by atoms with Gasteiger partial charge in [0.2, 0.25) is 11.8 Å². The Kier molecular flexibility index (Phi) is 9.32. The number of fused-ring (bicyclic) bond motifs is 2. The second-order valence-electron chi connectivity index (χ2n) is 13.6. The summed E-state index contributed by atoms with van der Waals surface area (Å²) >= 11 is 7.25. The van der Waals surface area contributed by atoms with Crippen molar-refractivity contribution in [1.29, 1.82) is 0 Å². The number of aryl methyl sites for hydroxylation is 3. The number of carbonyl (C=O) groups is 1. The van der Waals surface area contributed by atoms with Crippen molar-refractivity contribution in [2.75, 3.05) is 25.5 Å². The summed E-state index contributed by atoms with van der Waals surface area (Å²) in [7, 11) is 3.32. The van der Waals surface area contributed by atoms with Crippen molar-refractivity contribution in [2.24, 2.45) is 7.05 Å². The Morgan fingerprint density at radius 3 is 2.53 bits per heavy atom. The first-order chi connectivity index (χ1) is 24.6. The van der Waals surface area contributed by atoms with Gasteiger partial charge >= 0.3 is 0 Å². The van der Waals surface area contributed by atoms with Crippen LogP contribution in [0.2, 0.25) is 5.02 Å². The van der Waals surface area contributed by atoms with E-state index in [1.807, 2.05) is 70.2 Å². The Labute approximate surface area is 303 Å². The van der Waals surface area contributed by atoms with Crippen LogP contribution < -0.4 is 20.9 Å². The molecule has 2 atom stereocenters. The molecule has 5 heterocycles. The number of likely N-dealkylation sites (tertiary alicyclic amines) is 1. The lowest BCUT2D eigenvalue weighted by molar-refractivity contribution is -0.119. The highest BCUT2D eigenvalue weighted by Crippen LogP contribution is 2.47. The highest BCUT2D eigenvalue weighted by atomic mass is 35.5. The molecule has 10 nitrogen and oxygen atoms in total. The van der Waals surface area contributed by atoms with Crippen molar-refractivity contribution in [3.63, 3.8) is 0 Å². The van der Waals surface area contributed by atoms with E-state index in [9.17, 15) is 9.59 Å². The fraction of sp³-hybridized carbons (Fsp3) is 0.375. The van der Waals surface area contributed by atoms with Crippen LogP contribution in [0.5, 0.6) is 5.88 Å². The molecule has 3 aromatic heterocycles. The van der Waals surface area contributed by atoms with Gasteiger partial charge in [-0.3, -0.25) is 14.5 Å². The molecule has 2 aliphatic heterocycles. The van der Waals surface area contributed by atoms with Gasteiger partial charge in [0.1, 0.15) is 5.82 Å². The lowest BCUT2D eigenvalue weighted by Crippen LogP contribution is -2.44. The lowest BCUT2D eigenvalue weighted by Gasteiger charge is -2.28. The number of nitrogens with one attached hydrogen (secondary N) is 2. The highest BCUT2D eigenvalue weighted by molar-refractivity contribution is 6.36. The van der Waals surface area contributed by atoms with Crippen LogP contribution >= 0.6 is 11.6 Å². The van der Waals surface area contributed by atoms with Gasteiger partial charge in [-0.05, 0) is 74.4 Å². The lowest BCUT2D eigenvalue weighted by atomic mass is 9.96. The number of carbonyl (C=O) groups excluding carboxylic acids is 1. The maximum absolute atomic E-state index is 13.1. The molecule has 2 saturated heterocycles. The van der Waals surface area contributed by atoms with Crippen molar-refractivity contribution in [3.8, 4) is 28.3 Å². The minimum atomic E-state index is -0.215. The van der Waals surface area contributed by atoms with E-state index < -0.39 is 0 Å². The minimum absolute atomic E-state index is 0.0989. The van der Waals surface area contributed by atoms with E-state index in [1.165, 1.54) is 10.2 Å². The van der Waals surface area contributed by atoms with Crippen LogP contribution in [-0.4, -0.2) is 56.3 Å². The SMILES string of the molecule is CC.COc1nc(-c2cccc(-c3cccc(Nc4nc(C)cc5cnn(C)c(=O)c45)c3C)c2Cl)cc2c1C(N1CCC3(CCC(=O)N3)C1)CC2. The topological polar surface area (TPSA) is 114 Å². The molecule has 264 valence electrons. The van der Waals surface area contributed by atoms with Gasteiger partial charge < -0.3 is 15.4 Å². The van der Waals surface area contributed by atoms with Crippen LogP contribution in [0.15, 0.2) is 59.5 Å². The zero-order valence-corrected chi connectivity index (χ0v) is 30.8. The Hall–Kier alpha value is -4.80. The van der Waals surface area contributed by atoms with Crippen LogP contribution in [0.25, 0.3) is 33.2 Å². The van der Waals surface area contributed by atoms with Gasteiger partial charge in [-0.25, -0.2) is 14.6 Å². The van der Waals surface area contributed by atoms with Crippen molar-refractivity contribution in [2.45, 2.75) is 71.4 Å². The number of nitrogens with zero attached hydrogens (tertiary/aromatic N) is 5. The van der Waals surface area contributed by atoms with E-state index in [-0.39, 0.29) is 23.0 Å². The number of anilines is 2. The van der Waals surface area contributed by atoms with Crippen LogP contribution in [-0.2, 0) is 18.3 Å². The predicted molar refractivity (Wildman–Crippen MR) is 203 cm³/mol. The van der Waals surface area contributed by atoms with Crippen molar-refractivity contribution in [3.05, 3.63) is 92.5 Å². The molecule has 1 spiro atoms. The molecule has 0 bridgehead atoms. The summed E-state index contributed by atoms with van der Waals surface area (Å²) < 4.78 is 7.27. The van der Waals surface area contributed by atoms with Gasteiger partial charge in [-0.1, -0.05) is 55.8 Å². The Morgan fingerprint density at radius 1 is 1.00 bits per heavy atom. The van der Waals surface area contributed by atoms with E-state index >= 15 is 0 Å². The fourth-order valence-electron chi connectivity index (χ4n) is 8.10. The van der Waals surface area contributed by atoms with E-state index in [0.717, 1.165) is 89.1 Å². The van der Waals surface area contributed by atoms with Gasteiger partial charge in [0.15, 0.2) is 0 Å². The zero-order valence-electron chi connectivity index (χ0n) is 30.1. The summed E-state index contributed by atoms with van der Waals surface area (Å²) in [6.45, 7) is 9.74. The van der Waals surface area contributed by atoms with Crippen LogP contribution in [0, 0.1) is 13.8 Å². The normalized spacial score (nSPS) is 19.6. The molecule has 51 heavy (non-hydrogen) atoms. The molecule has 8 rings (SSSR count). The number of rotatable bonds is 6. The van der Waals surface area contributed by atoms with Gasteiger partial charge in [-0.2, -0.15) is 5.10 Å². The molecule has 2 unspecified atom stereocenters. The molecular weight excluding hydrogens is 662 g/mol. The summed E-state index contributed by atoms with van der Waals surface area (Å²) in [5, 5.41) is 12.7. The number of hydrogen-bond donors (Lipinski definition) is 2. The summed E-state index contributed by atoms with van der Waals surface area (Å²) in [6, 6.07) is 16.3. The summed E-state index contributed by atoms with van der Waals surface area (Å²) in [5.41, 5.74) is 8.07. The average Bonchev–Trinajstić information content (AvgIpc) is 3.85. The maximum Gasteiger partial charge on any atom is 0.278 e. The Balaban J connectivity index is 0.00000200. The first-order valence-electron chi connectivity index (χ1n) is 17.8. The fourth-order valence-corrected chi connectivity index (χ4v) is 8.42. The van der Waals surface area contributed by atoms with Gasteiger partial charge in [0.05, 0.1) is 34.9 Å². The van der Waals surface area contributed by atoms with Crippen LogP contribution in [0.1, 0.15) is 68.0 Å². The molecule has 2 fully saturated rings. The number of benzene rings is 2. The molecule has 3 aliphatic rings. The number of methoxy groups -OCH3 is 1. The maximum atomic E-state index is 13.1. The molecule has 0 saturated carbocycles. The molecule has 0 radical (unpaired) electrons. The minimum Gasteiger partial charge on any atom is -0.481 e. The average molecular weight is 706 g/mol. The molecule has 1 amide bonds. The third-order valence-corrected chi connectivity index (χ3v) is 11.0. The van der Waals surface area contributed by atoms with Crippen molar-refractivity contribution in [1.82, 2.24) is 30.0 Å². The summed E-state index contributed by atoms with van der Waals surface area (Å²) in [6.07, 6.45) is 6.09. The van der Waals surface area contributed by atoms with E-state index in [4.69, 9.17) is 26.3 Å². The molecule has 5 aromatic rings. The highest BCUT2D eigenvalue weighted by Gasteiger charge is 2.46. The molecule has 1 aliphatic carbocycles. The second kappa shape index (κ2) is 13.7. The first-order valence-corrected chi connectivity index (χ1v) is 18.1. The standard InChI is InChI=1S/C38H38ClN7O3.C2H6/c1-21-17-24-19-40-45(3)37(48)33(24)35(41-21)42-28-10-6-7-25(22(28)2)26-8-5-9-27(34(26)39)29-18-23-11-12-30(32(23)36(43-29)49-4)46-16-15-38(20-46)14-13-31(47)44-38;1-2/h5-10,17-19,30H,11-16,20H2,1-4H3,(H,41,42)(H,44,47);1-2H3. The van der Waals surface area contributed by atoms with E-state index in [0.29, 0.717) is 28.5 Å². The quantitative estimate of drug-likeness (QED) is 0.187. The zero-order chi connectivity index (χ0) is 36.0. The Morgan fingerprint density at radius 2 is 1.76 bits per heavy atom.